The van der Waals surface area contributed by atoms with E-state index in [2.05, 4.69) is 17.9 Å². The third kappa shape index (κ3) is 1.95. The highest BCUT2D eigenvalue weighted by molar-refractivity contribution is 5.34. The van der Waals surface area contributed by atoms with Gasteiger partial charge in [0, 0.05) is 12.0 Å². The van der Waals surface area contributed by atoms with Crippen LogP contribution in [-0.4, -0.2) is 0 Å². The zero-order chi connectivity index (χ0) is 9.86. The molecule has 0 aromatic heterocycles. The molecule has 1 aliphatic carbocycles. The maximum absolute atomic E-state index is 8.84. The van der Waals surface area contributed by atoms with Crippen LogP contribution in [0.25, 0.3) is 0 Å². The maximum Gasteiger partial charge on any atom is 0.0699 e. The summed E-state index contributed by atoms with van der Waals surface area (Å²) in [5.74, 6) is 6.16. The summed E-state index contributed by atoms with van der Waals surface area (Å²) in [6.45, 7) is 0. The Bertz CT molecular complexity index is 410. The SMILES string of the molecule is N#CC1(CC#Cc2ccccc2)CC1. The Labute approximate surface area is 84.4 Å². The molecule has 0 amide bonds. The van der Waals surface area contributed by atoms with Crippen molar-refractivity contribution in [2.24, 2.45) is 5.41 Å². The van der Waals surface area contributed by atoms with Gasteiger partial charge in [-0.1, -0.05) is 30.0 Å². The molecule has 1 saturated carbocycles. The fourth-order valence-corrected chi connectivity index (χ4v) is 1.32. The summed E-state index contributed by atoms with van der Waals surface area (Å²) in [6.07, 6.45) is 2.76. The van der Waals surface area contributed by atoms with Gasteiger partial charge in [0.2, 0.25) is 0 Å². The highest BCUT2D eigenvalue weighted by Crippen LogP contribution is 2.47. The van der Waals surface area contributed by atoms with E-state index in [0.29, 0.717) is 0 Å². The monoisotopic (exact) mass is 181 g/mol. The molecule has 68 valence electrons. The van der Waals surface area contributed by atoms with Crippen LogP contribution < -0.4 is 0 Å². The molecule has 14 heavy (non-hydrogen) atoms. The van der Waals surface area contributed by atoms with Crippen LogP contribution in [0.3, 0.4) is 0 Å². The second-order valence-corrected chi connectivity index (χ2v) is 3.74. The fraction of sp³-hybridized carbons (Fsp3) is 0.308. The van der Waals surface area contributed by atoms with Crippen molar-refractivity contribution in [1.29, 1.82) is 5.26 Å². The summed E-state index contributed by atoms with van der Waals surface area (Å²) in [6, 6.07) is 12.2. The summed E-state index contributed by atoms with van der Waals surface area (Å²) < 4.78 is 0. The number of hydrogen-bond acceptors (Lipinski definition) is 1. The minimum Gasteiger partial charge on any atom is -0.198 e. The zero-order valence-corrected chi connectivity index (χ0v) is 7.96. The molecular weight excluding hydrogens is 170 g/mol. The van der Waals surface area contributed by atoms with Crippen molar-refractivity contribution < 1.29 is 0 Å². The molecule has 0 N–H and O–H groups in total. The topological polar surface area (TPSA) is 23.8 Å². The fourth-order valence-electron chi connectivity index (χ4n) is 1.32. The smallest absolute Gasteiger partial charge is 0.0699 e. The second kappa shape index (κ2) is 3.56. The largest absolute Gasteiger partial charge is 0.198 e. The molecule has 0 saturated heterocycles. The first kappa shape index (κ1) is 8.85. The van der Waals surface area contributed by atoms with Crippen molar-refractivity contribution in [3.8, 4) is 17.9 Å². The lowest BCUT2D eigenvalue weighted by Gasteiger charge is -1.94. The average Bonchev–Trinajstić information content (AvgIpc) is 3.00. The van der Waals surface area contributed by atoms with Crippen LogP contribution >= 0.6 is 0 Å². The minimum absolute atomic E-state index is 0.0955. The highest BCUT2D eigenvalue weighted by atomic mass is 14.5. The molecular formula is C13H11N. The standard InChI is InChI=1S/C13H11N/c14-11-13(9-10-13)8-4-7-12-5-2-1-3-6-12/h1-3,5-6H,8-10H2. The van der Waals surface area contributed by atoms with Gasteiger partial charge in [-0.05, 0) is 25.0 Å². The molecule has 1 nitrogen and oxygen atoms in total. The van der Waals surface area contributed by atoms with Crippen molar-refractivity contribution >= 4 is 0 Å². The van der Waals surface area contributed by atoms with Crippen LogP contribution in [0, 0.1) is 28.6 Å². The van der Waals surface area contributed by atoms with Gasteiger partial charge < -0.3 is 0 Å². The maximum atomic E-state index is 8.84. The van der Waals surface area contributed by atoms with Gasteiger partial charge >= 0.3 is 0 Å². The number of benzene rings is 1. The predicted octanol–water partition coefficient (Wildman–Crippen LogP) is 2.73. The molecule has 0 radical (unpaired) electrons. The van der Waals surface area contributed by atoms with Gasteiger partial charge in [-0.3, -0.25) is 0 Å². The van der Waals surface area contributed by atoms with E-state index >= 15 is 0 Å². The number of nitrogens with zero attached hydrogens (tertiary/aromatic N) is 1. The lowest BCUT2D eigenvalue weighted by Crippen LogP contribution is -1.92. The van der Waals surface area contributed by atoms with E-state index in [1.54, 1.807) is 0 Å². The third-order valence-electron chi connectivity index (χ3n) is 2.52. The highest BCUT2D eigenvalue weighted by Gasteiger charge is 2.42. The molecule has 1 aromatic rings. The molecule has 2 rings (SSSR count). The lowest BCUT2D eigenvalue weighted by molar-refractivity contribution is 0.697. The normalized spacial score (nSPS) is 16.2. The van der Waals surface area contributed by atoms with E-state index < -0.39 is 0 Å². The van der Waals surface area contributed by atoms with Gasteiger partial charge in [0.1, 0.15) is 0 Å². The second-order valence-electron chi connectivity index (χ2n) is 3.74. The minimum atomic E-state index is -0.0955. The Morgan fingerprint density at radius 2 is 1.93 bits per heavy atom. The molecule has 0 bridgehead atoms. The number of hydrogen-bond donors (Lipinski definition) is 0. The summed E-state index contributed by atoms with van der Waals surface area (Å²) in [5, 5.41) is 8.84. The lowest BCUT2D eigenvalue weighted by atomic mass is 10.1. The van der Waals surface area contributed by atoms with Crippen LogP contribution in [0.5, 0.6) is 0 Å². The van der Waals surface area contributed by atoms with Gasteiger partial charge in [-0.15, -0.1) is 0 Å². The van der Waals surface area contributed by atoms with Crippen LogP contribution in [0.15, 0.2) is 30.3 Å². The Kier molecular flexibility index (Phi) is 2.25. The summed E-state index contributed by atoms with van der Waals surface area (Å²) in [5.41, 5.74) is 0.933. The molecule has 1 heteroatoms. The molecule has 0 heterocycles. The molecule has 0 atom stereocenters. The van der Waals surface area contributed by atoms with E-state index in [9.17, 15) is 0 Å². The molecule has 0 unspecified atom stereocenters. The predicted molar refractivity (Wildman–Crippen MR) is 55.2 cm³/mol. The zero-order valence-electron chi connectivity index (χ0n) is 7.96. The van der Waals surface area contributed by atoms with Gasteiger partial charge in [0.25, 0.3) is 0 Å². The Balaban J connectivity index is 1.99. The van der Waals surface area contributed by atoms with Crippen molar-refractivity contribution in [3.05, 3.63) is 35.9 Å². The number of nitriles is 1. The van der Waals surface area contributed by atoms with Crippen molar-refractivity contribution in [3.63, 3.8) is 0 Å². The van der Waals surface area contributed by atoms with E-state index in [0.717, 1.165) is 24.8 Å². The Morgan fingerprint density at radius 1 is 1.21 bits per heavy atom. The van der Waals surface area contributed by atoms with Gasteiger partial charge in [-0.25, -0.2) is 0 Å². The first-order chi connectivity index (χ1) is 6.85. The molecule has 1 aromatic carbocycles. The average molecular weight is 181 g/mol. The van der Waals surface area contributed by atoms with Gasteiger partial charge in [0.15, 0.2) is 0 Å². The van der Waals surface area contributed by atoms with Crippen molar-refractivity contribution in [2.75, 3.05) is 0 Å². The van der Waals surface area contributed by atoms with E-state index in [1.807, 2.05) is 30.3 Å². The first-order valence-electron chi connectivity index (χ1n) is 4.80. The summed E-state index contributed by atoms with van der Waals surface area (Å²) in [4.78, 5) is 0. The third-order valence-corrected chi connectivity index (χ3v) is 2.52. The Hall–Kier alpha value is -1.73. The molecule has 1 fully saturated rings. The van der Waals surface area contributed by atoms with Gasteiger partial charge in [-0.2, -0.15) is 5.26 Å². The molecule has 0 spiro atoms. The van der Waals surface area contributed by atoms with E-state index in [-0.39, 0.29) is 5.41 Å². The van der Waals surface area contributed by atoms with Crippen molar-refractivity contribution in [2.45, 2.75) is 19.3 Å². The van der Waals surface area contributed by atoms with Crippen LogP contribution in [0.2, 0.25) is 0 Å². The molecule has 1 aliphatic rings. The van der Waals surface area contributed by atoms with E-state index in [1.165, 1.54) is 0 Å². The van der Waals surface area contributed by atoms with Crippen molar-refractivity contribution in [1.82, 2.24) is 0 Å². The van der Waals surface area contributed by atoms with Gasteiger partial charge in [0.05, 0.1) is 11.5 Å². The molecule has 0 aliphatic heterocycles. The number of rotatable bonds is 1. The summed E-state index contributed by atoms with van der Waals surface area (Å²) in [7, 11) is 0. The van der Waals surface area contributed by atoms with Crippen LogP contribution in [0.4, 0.5) is 0 Å². The first-order valence-corrected chi connectivity index (χ1v) is 4.80. The Morgan fingerprint density at radius 3 is 2.50 bits per heavy atom. The van der Waals surface area contributed by atoms with E-state index in [4.69, 9.17) is 5.26 Å². The quantitative estimate of drug-likeness (QED) is 0.611. The summed E-state index contributed by atoms with van der Waals surface area (Å²) >= 11 is 0. The van der Waals surface area contributed by atoms with Crippen LogP contribution in [-0.2, 0) is 0 Å². The van der Waals surface area contributed by atoms with Crippen LogP contribution in [0.1, 0.15) is 24.8 Å².